The van der Waals surface area contributed by atoms with Crippen molar-refractivity contribution in [1.29, 1.82) is 0 Å². The molecular weight excluding hydrogens is 545 g/mol. The van der Waals surface area contributed by atoms with Crippen molar-refractivity contribution in [1.82, 2.24) is 9.88 Å². The van der Waals surface area contributed by atoms with Crippen LogP contribution in [-0.2, 0) is 25.5 Å². The van der Waals surface area contributed by atoms with E-state index in [1.807, 2.05) is 58.6 Å². The molecule has 38 heavy (non-hydrogen) atoms. The molecule has 1 aromatic carbocycles. The van der Waals surface area contributed by atoms with Gasteiger partial charge in [-0.15, -0.1) is 11.3 Å². The maximum Gasteiger partial charge on any atom is 0.330 e. The summed E-state index contributed by atoms with van der Waals surface area (Å²) >= 11 is 13.9. The van der Waals surface area contributed by atoms with Crippen LogP contribution in [0.3, 0.4) is 0 Å². The van der Waals surface area contributed by atoms with Gasteiger partial charge in [-0.3, -0.25) is 4.79 Å². The van der Waals surface area contributed by atoms with Crippen molar-refractivity contribution >= 4 is 52.0 Å². The third-order valence-corrected chi connectivity index (χ3v) is 7.12. The first-order valence-electron chi connectivity index (χ1n) is 13.1. The molecular formula is C28H45Cl2N3O4S. The summed E-state index contributed by atoms with van der Waals surface area (Å²) in [6.07, 6.45) is 1.96. The second-order valence-electron chi connectivity index (χ2n) is 8.61. The van der Waals surface area contributed by atoms with Crippen LogP contribution in [0.5, 0.6) is 0 Å². The summed E-state index contributed by atoms with van der Waals surface area (Å²) in [4.78, 5) is 33.0. The number of carbonyl (C=O) groups is 2. The van der Waals surface area contributed by atoms with Crippen LogP contribution < -0.4 is 4.90 Å². The second kappa shape index (κ2) is 19.2. The van der Waals surface area contributed by atoms with Crippen molar-refractivity contribution in [3.05, 3.63) is 33.1 Å². The van der Waals surface area contributed by atoms with Gasteiger partial charge in [-0.25, -0.2) is 9.78 Å². The van der Waals surface area contributed by atoms with Crippen molar-refractivity contribution in [2.75, 3.05) is 38.8 Å². The van der Waals surface area contributed by atoms with Crippen LogP contribution in [0.4, 0.5) is 5.13 Å². The maximum absolute atomic E-state index is 12.1. The molecule has 0 radical (unpaired) electrons. The van der Waals surface area contributed by atoms with Gasteiger partial charge < -0.3 is 19.3 Å². The molecule has 2 heterocycles. The molecule has 0 bridgehead atoms. The Hall–Kier alpha value is -1.87. The number of hydrogen-bond acceptors (Lipinski definition) is 7. The predicted octanol–water partition coefficient (Wildman–Crippen LogP) is 7.23. The van der Waals surface area contributed by atoms with E-state index in [-0.39, 0.29) is 0 Å². The van der Waals surface area contributed by atoms with E-state index < -0.39 is 12.0 Å². The number of ether oxygens (including phenoxy) is 2. The van der Waals surface area contributed by atoms with E-state index in [1.165, 1.54) is 12.0 Å². The highest BCUT2D eigenvalue weighted by atomic mass is 35.5. The van der Waals surface area contributed by atoms with E-state index in [1.54, 1.807) is 24.5 Å². The van der Waals surface area contributed by atoms with Crippen molar-refractivity contribution in [2.45, 2.75) is 74.0 Å². The van der Waals surface area contributed by atoms with Crippen LogP contribution in [0.25, 0.3) is 11.3 Å². The lowest BCUT2D eigenvalue weighted by atomic mass is 10.0. The molecule has 1 atom stereocenters. The number of rotatable bonds is 7. The van der Waals surface area contributed by atoms with Crippen molar-refractivity contribution in [3.8, 4) is 11.3 Å². The minimum atomic E-state index is -0.642. The van der Waals surface area contributed by atoms with Crippen LogP contribution in [0, 0.1) is 5.92 Å². The average Bonchev–Trinajstić information content (AvgIpc) is 3.34. The number of nitrogens with zero attached hydrogens (tertiary/aromatic N) is 3. The van der Waals surface area contributed by atoms with Gasteiger partial charge in [0, 0.05) is 30.6 Å². The first-order chi connectivity index (χ1) is 18.1. The van der Waals surface area contributed by atoms with Crippen molar-refractivity contribution < 1.29 is 19.1 Å². The number of aromatic nitrogens is 1. The minimum absolute atomic E-state index is 0.348. The minimum Gasteiger partial charge on any atom is -0.467 e. The Bertz CT molecular complexity index is 970. The number of piperazine rings is 1. The molecule has 1 aliphatic rings. The highest BCUT2D eigenvalue weighted by Crippen LogP contribution is 2.37. The van der Waals surface area contributed by atoms with Crippen LogP contribution in [0.15, 0.2) is 18.2 Å². The first kappa shape index (κ1) is 36.1. The number of amides is 1. The Labute approximate surface area is 243 Å². The van der Waals surface area contributed by atoms with Gasteiger partial charge in [-0.1, -0.05) is 70.8 Å². The van der Waals surface area contributed by atoms with E-state index in [0.29, 0.717) is 48.1 Å². The molecule has 1 aliphatic heterocycles. The number of esters is 1. The second-order valence-corrected chi connectivity index (χ2v) is 10.5. The van der Waals surface area contributed by atoms with Crippen LogP contribution in [0.1, 0.15) is 60.3 Å². The normalized spacial score (nSPS) is 14.5. The van der Waals surface area contributed by atoms with E-state index in [2.05, 4.69) is 13.8 Å². The molecule has 3 rings (SSSR count). The van der Waals surface area contributed by atoms with E-state index in [4.69, 9.17) is 37.7 Å². The van der Waals surface area contributed by atoms with Gasteiger partial charge in [0.15, 0.2) is 5.13 Å². The molecule has 10 heteroatoms. The number of thiazole rings is 1. The highest BCUT2D eigenvalue weighted by molar-refractivity contribution is 7.16. The summed E-state index contributed by atoms with van der Waals surface area (Å²) in [7, 11) is 3.03. The first-order valence-corrected chi connectivity index (χ1v) is 14.7. The summed E-state index contributed by atoms with van der Waals surface area (Å²) in [5.41, 5.74) is 1.79. The predicted molar refractivity (Wildman–Crippen MR) is 162 cm³/mol. The molecule has 1 fully saturated rings. The van der Waals surface area contributed by atoms with E-state index >= 15 is 0 Å². The topological polar surface area (TPSA) is 72.0 Å². The fourth-order valence-corrected chi connectivity index (χ4v) is 4.92. The molecule has 2 aromatic rings. The Morgan fingerprint density at radius 2 is 1.71 bits per heavy atom. The maximum atomic E-state index is 12.1. The number of hydrogen-bond donors (Lipinski definition) is 0. The summed E-state index contributed by atoms with van der Waals surface area (Å²) in [5, 5.41) is 1.81. The summed E-state index contributed by atoms with van der Waals surface area (Å²) in [6, 6.07) is 4.87. The molecule has 216 valence electrons. The Morgan fingerprint density at radius 3 is 2.18 bits per heavy atom. The number of methoxy groups -OCH3 is 2. The zero-order valence-electron chi connectivity index (χ0n) is 24.5. The molecule has 1 saturated heterocycles. The molecule has 0 aliphatic carbocycles. The summed E-state index contributed by atoms with van der Waals surface area (Å²) in [5.74, 6) is 0.0324. The fourth-order valence-electron chi connectivity index (χ4n) is 3.30. The number of anilines is 1. The van der Waals surface area contributed by atoms with Crippen molar-refractivity contribution in [3.63, 3.8) is 0 Å². The van der Waals surface area contributed by atoms with E-state index in [9.17, 15) is 9.59 Å². The summed E-state index contributed by atoms with van der Waals surface area (Å²) < 4.78 is 9.62. The smallest absolute Gasteiger partial charge is 0.330 e. The molecule has 1 unspecified atom stereocenters. The Balaban J connectivity index is 0.00000134. The molecule has 1 amide bonds. The van der Waals surface area contributed by atoms with Crippen molar-refractivity contribution in [2.24, 2.45) is 5.92 Å². The van der Waals surface area contributed by atoms with Gasteiger partial charge in [-0.2, -0.15) is 0 Å². The molecule has 1 aromatic heterocycles. The third-order valence-electron chi connectivity index (χ3n) is 5.25. The SMILES string of the molecule is CC.CC.COC(=O)C1CN(c2nc(-c3ccc(Cl)c(Cl)c3)c(CC(C)C)s2)CCN1C=O.COC(C)C. The van der Waals surface area contributed by atoms with Crippen LogP contribution >= 0.6 is 34.5 Å². The lowest BCUT2D eigenvalue weighted by Crippen LogP contribution is -2.56. The standard InChI is InChI=1S/C20H23Cl2N3O3S.C4H10O.2C2H6/c1-12(2)8-17-18(13-4-5-14(21)15(22)9-13)23-20(29-17)24-6-7-25(11-26)16(10-24)19(27)28-3;1-4(2)5-3;2*1-2/h4-5,9,11-12,16H,6-8,10H2,1-3H3;4H,1-3H3;2*1-2H3. The molecule has 0 saturated carbocycles. The monoisotopic (exact) mass is 589 g/mol. The fraction of sp³-hybridized carbons (Fsp3) is 0.607. The summed E-state index contributed by atoms with van der Waals surface area (Å²) in [6.45, 7) is 17.7. The van der Waals surface area contributed by atoms with E-state index in [0.717, 1.165) is 27.7 Å². The van der Waals surface area contributed by atoms with Crippen LogP contribution in [-0.4, -0.2) is 68.3 Å². The largest absolute Gasteiger partial charge is 0.467 e. The van der Waals surface area contributed by atoms with Gasteiger partial charge in [0.1, 0.15) is 6.04 Å². The molecule has 7 nitrogen and oxygen atoms in total. The zero-order chi connectivity index (χ0) is 29.4. The molecule has 0 spiro atoms. The number of halogens is 2. The van der Waals surface area contributed by atoms with Gasteiger partial charge in [-0.05, 0) is 38.3 Å². The lowest BCUT2D eigenvalue weighted by molar-refractivity contribution is -0.149. The van der Waals surface area contributed by atoms with Gasteiger partial charge in [0.25, 0.3) is 0 Å². The quantitative estimate of drug-likeness (QED) is 0.250. The Kier molecular flexibility index (Phi) is 18.3. The highest BCUT2D eigenvalue weighted by Gasteiger charge is 2.34. The number of benzene rings is 1. The third kappa shape index (κ3) is 11.1. The zero-order valence-corrected chi connectivity index (χ0v) is 26.8. The lowest BCUT2D eigenvalue weighted by Gasteiger charge is -2.37. The van der Waals surface area contributed by atoms with Gasteiger partial charge in [0.05, 0.1) is 35.5 Å². The van der Waals surface area contributed by atoms with Crippen LogP contribution in [0.2, 0.25) is 10.0 Å². The average molecular weight is 591 g/mol. The van der Waals surface area contributed by atoms with Gasteiger partial charge in [0.2, 0.25) is 6.41 Å². The molecule has 0 N–H and O–H groups in total. The Morgan fingerprint density at radius 1 is 1.11 bits per heavy atom. The number of carbonyl (C=O) groups excluding carboxylic acids is 2. The van der Waals surface area contributed by atoms with Gasteiger partial charge >= 0.3 is 5.97 Å².